The van der Waals surface area contributed by atoms with Gasteiger partial charge in [-0.1, -0.05) is 42.5 Å². The van der Waals surface area contributed by atoms with Gasteiger partial charge in [-0.2, -0.15) is 0 Å². The lowest BCUT2D eigenvalue weighted by atomic mass is 10.0. The zero-order chi connectivity index (χ0) is 20.1. The Morgan fingerprint density at radius 1 is 1.11 bits per heavy atom. The summed E-state index contributed by atoms with van der Waals surface area (Å²) >= 11 is 0. The van der Waals surface area contributed by atoms with Gasteiger partial charge in [0.25, 0.3) is 5.91 Å². The van der Waals surface area contributed by atoms with E-state index in [1.807, 2.05) is 37.3 Å². The van der Waals surface area contributed by atoms with Crippen LogP contribution >= 0.6 is 0 Å². The molecule has 1 aliphatic rings. The first-order chi connectivity index (χ1) is 13.4. The van der Waals surface area contributed by atoms with E-state index in [4.69, 9.17) is 9.84 Å². The van der Waals surface area contributed by atoms with Crippen LogP contribution in [-0.2, 0) is 22.4 Å². The first kappa shape index (κ1) is 19.4. The average molecular weight is 382 g/mol. The van der Waals surface area contributed by atoms with E-state index in [9.17, 15) is 14.4 Å². The Bertz CT molecular complexity index is 851. The number of ether oxygens (including phenoxy) is 1. The standard InChI is InChI=1S/C21H22N2O5/c1-13(11-15-7-9-16(10-8-15)20(25)26)22-19(24)18-17(23-21(27)28-18)12-14-5-3-2-4-6-14/h2-10,13,17-18H,11-12H2,1H3,(H,22,24)(H,23,27)(H,25,26)/t13-,17+,18-/m1/s1. The summed E-state index contributed by atoms with van der Waals surface area (Å²) in [4.78, 5) is 35.2. The lowest BCUT2D eigenvalue weighted by Crippen LogP contribution is -2.47. The van der Waals surface area contributed by atoms with Gasteiger partial charge in [0.05, 0.1) is 11.6 Å². The Hall–Kier alpha value is -3.35. The third kappa shape index (κ3) is 4.88. The molecule has 146 valence electrons. The minimum absolute atomic E-state index is 0.208. The van der Waals surface area contributed by atoms with Crippen molar-refractivity contribution >= 4 is 18.0 Å². The van der Waals surface area contributed by atoms with E-state index in [0.29, 0.717) is 12.8 Å². The molecular weight excluding hydrogens is 360 g/mol. The summed E-state index contributed by atoms with van der Waals surface area (Å²) in [5.74, 6) is -1.33. The second-order valence-corrected chi connectivity index (χ2v) is 6.88. The summed E-state index contributed by atoms with van der Waals surface area (Å²) in [5.41, 5.74) is 2.12. The Morgan fingerprint density at radius 2 is 1.79 bits per heavy atom. The fraction of sp³-hybridized carbons (Fsp3) is 0.286. The van der Waals surface area contributed by atoms with Crippen molar-refractivity contribution in [2.45, 2.75) is 38.0 Å². The first-order valence-electron chi connectivity index (χ1n) is 9.06. The molecule has 2 amide bonds. The number of rotatable bonds is 7. The monoisotopic (exact) mass is 382 g/mol. The highest BCUT2D eigenvalue weighted by atomic mass is 16.6. The highest BCUT2D eigenvalue weighted by Crippen LogP contribution is 2.15. The number of hydrogen-bond acceptors (Lipinski definition) is 4. The molecule has 7 nitrogen and oxygen atoms in total. The van der Waals surface area contributed by atoms with Crippen molar-refractivity contribution in [2.75, 3.05) is 0 Å². The maximum atomic E-state index is 12.6. The molecule has 3 N–H and O–H groups in total. The SMILES string of the molecule is C[C@H](Cc1ccc(C(=O)O)cc1)NC(=O)[C@@H]1OC(=O)N[C@H]1Cc1ccccc1. The van der Waals surface area contributed by atoms with Gasteiger partial charge in [0.2, 0.25) is 6.10 Å². The molecule has 0 radical (unpaired) electrons. The Labute approximate surface area is 162 Å². The normalized spacial score (nSPS) is 19.4. The highest BCUT2D eigenvalue weighted by molar-refractivity contribution is 5.88. The highest BCUT2D eigenvalue weighted by Gasteiger charge is 2.39. The fourth-order valence-electron chi connectivity index (χ4n) is 3.23. The van der Waals surface area contributed by atoms with Crippen LogP contribution in [0.1, 0.15) is 28.4 Å². The number of hydrogen-bond donors (Lipinski definition) is 3. The largest absolute Gasteiger partial charge is 0.478 e. The zero-order valence-corrected chi connectivity index (χ0v) is 15.4. The number of cyclic esters (lactones) is 1. The number of carbonyl (C=O) groups excluding carboxylic acids is 2. The molecule has 1 aliphatic heterocycles. The van der Waals surface area contributed by atoms with Crippen LogP contribution < -0.4 is 10.6 Å². The zero-order valence-electron chi connectivity index (χ0n) is 15.4. The Balaban J connectivity index is 1.58. The molecule has 2 aromatic rings. The lowest BCUT2D eigenvalue weighted by Gasteiger charge is -2.20. The molecule has 7 heteroatoms. The average Bonchev–Trinajstić information content (AvgIpc) is 3.03. The van der Waals surface area contributed by atoms with Crippen molar-refractivity contribution in [3.63, 3.8) is 0 Å². The summed E-state index contributed by atoms with van der Waals surface area (Å²) < 4.78 is 5.17. The molecule has 0 unspecified atom stereocenters. The third-order valence-corrected chi connectivity index (χ3v) is 4.59. The molecule has 1 heterocycles. The van der Waals surface area contributed by atoms with Crippen LogP contribution in [0.5, 0.6) is 0 Å². The van der Waals surface area contributed by atoms with Gasteiger partial charge in [0.15, 0.2) is 0 Å². The van der Waals surface area contributed by atoms with Gasteiger partial charge in [0.1, 0.15) is 0 Å². The van der Waals surface area contributed by atoms with Crippen LogP contribution in [-0.4, -0.2) is 41.3 Å². The molecule has 2 aromatic carbocycles. The Kier molecular flexibility index (Phi) is 5.93. The molecule has 1 saturated heterocycles. The quantitative estimate of drug-likeness (QED) is 0.681. The molecule has 3 rings (SSSR count). The van der Waals surface area contributed by atoms with Crippen LogP contribution in [0.4, 0.5) is 4.79 Å². The molecule has 0 aliphatic carbocycles. The third-order valence-electron chi connectivity index (χ3n) is 4.59. The van der Waals surface area contributed by atoms with E-state index in [-0.39, 0.29) is 17.5 Å². The molecule has 1 fully saturated rings. The fourth-order valence-corrected chi connectivity index (χ4v) is 3.23. The maximum Gasteiger partial charge on any atom is 0.408 e. The number of carboxylic acids is 1. The van der Waals surface area contributed by atoms with Crippen molar-refractivity contribution < 1.29 is 24.2 Å². The van der Waals surface area contributed by atoms with E-state index in [1.165, 1.54) is 12.1 Å². The molecule has 28 heavy (non-hydrogen) atoms. The lowest BCUT2D eigenvalue weighted by molar-refractivity contribution is -0.129. The predicted molar refractivity (Wildman–Crippen MR) is 102 cm³/mol. The van der Waals surface area contributed by atoms with Crippen LogP contribution in [0.3, 0.4) is 0 Å². The van der Waals surface area contributed by atoms with Gasteiger partial charge >= 0.3 is 12.1 Å². The number of alkyl carbamates (subject to hydrolysis) is 1. The summed E-state index contributed by atoms with van der Waals surface area (Å²) in [7, 11) is 0. The molecule has 0 spiro atoms. The second-order valence-electron chi connectivity index (χ2n) is 6.88. The molecule has 0 saturated carbocycles. The van der Waals surface area contributed by atoms with E-state index in [2.05, 4.69) is 10.6 Å². The first-order valence-corrected chi connectivity index (χ1v) is 9.06. The van der Waals surface area contributed by atoms with E-state index >= 15 is 0 Å². The van der Waals surface area contributed by atoms with Crippen molar-refractivity contribution in [3.8, 4) is 0 Å². The van der Waals surface area contributed by atoms with Gasteiger partial charge in [0, 0.05) is 6.04 Å². The van der Waals surface area contributed by atoms with Crippen LogP contribution in [0.25, 0.3) is 0 Å². The number of carbonyl (C=O) groups is 3. The maximum absolute atomic E-state index is 12.6. The summed E-state index contributed by atoms with van der Waals surface area (Å²) in [5, 5.41) is 14.5. The van der Waals surface area contributed by atoms with Gasteiger partial charge in [-0.25, -0.2) is 9.59 Å². The minimum Gasteiger partial charge on any atom is -0.478 e. The van der Waals surface area contributed by atoms with Crippen molar-refractivity contribution in [1.82, 2.24) is 10.6 Å². The summed E-state index contributed by atoms with van der Waals surface area (Å²) in [6.45, 7) is 1.85. The van der Waals surface area contributed by atoms with Gasteiger partial charge in [-0.3, -0.25) is 4.79 Å². The van der Waals surface area contributed by atoms with Crippen molar-refractivity contribution in [1.29, 1.82) is 0 Å². The van der Waals surface area contributed by atoms with Crippen molar-refractivity contribution in [3.05, 3.63) is 71.3 Å². The number of benzene rings is 2. The van der Waals surface area contributed by atoms with Gasteiger partial charge in [-0.15, -0.1) is 0 Å². The van der Waals surface area contributed by atoms with Crippen molar-refractivity contribution in [2.24, 2.45) is 0 Å². The molecule has 3 atom stereocenters. The molecular formula is C21H22N2O5. The van der Waals surface area contributed by atoms with E-state index in [1.54, 1.807) is 12.1 Å². The summed E-state index contributed by atoms with van der Waals surface area (Å²) in [6, 6.07) is 15.4. The number of carboxylic acid groups (broad SMARTS) is 1. The number of nitrogens with one attached hydrogen (secondary N) is 2. The van der Waals surface area contributed by atoms with E-state index < -0.39 is 24.2 Å². The van der Waals surface area contributed by atoms with Crippen LogP contribution in [0, 0.1) is 0 Å². The summed E-state index contributed by atoms with van der Waals surface area (Å²) in [6.07, 6.45) is -0.471. The topological polar surface area (TPSA) is 105 Å². The van der Waals surface area contributed by atoms with Gasteiger partial charge < -0.3 is 20.5 Å². The second kappa shape index (κ2) is 8.56. The minimum atomic E-state index is -0.979. The van der Waals surface area contributed by atoms with Crippen LogP contribution in [0.2, 0.25) is 0 Å². The van der Waals surface area contributed by atoms with Crippen LogP contribution in [0.15, 0.2) is 54.6 Å². The molecule has 0 aromatic heterocycles. The number of amides is 2. The predicted octanol–water partition coefficient (Wildman–Crippen LogP) is 2.15. The molecule has 0 bridgehead atoms. The smallest absolute Gasteiger partial charge is 0.408 e. The number of aromatic carboxylic acids is 1. The van der Waals surface area contributed by atoms with E-state index in [0.717, 1.165) is 11.1 Å². The van der Waals surface area contributed by atoms with Gasteiger partial charge in [-0.05, 0) is 43.0 Å². The Morgan fingerprint density at radius 3 is 2.43 bits per heavy atom.